The summed E-state index contributed by atoms with van der Waals surface area (Å²) in [6.07, 6.45) is -11.9. The second kappa shape index (κ2) is 18.8. The van der Waals surface area contributed by atoms with E-state index in [1.807, 2.05) is 0 Å². The zero-order valence-electron chi connectivity index (χ0n) is 25.2. The van der Waals surface area contributed by atoms with Crippen LogP contribution in [0.25, 0.3) is 0 Å². The minimum Gasteiger partial charge on any atom is -0.469 e. The fourth-order valence-electron chi connectivity index (χ4n) is 4.85. The lowest BCUT2D eigenvalue weighted by Crippen LogP contribution is -2.68. The molecule has 2 fully saturated rings. The first kappa shape index (κ1) is 40.5. The van der Waals surface area contributed by atoms with Gasteiger partial charge >= 0.3 is 26.8 Å². The Kier molecular flexibility index (Phi) is 16.6. The fourth-order valence-corrected chi connectivity index (χ4v) is 5.67. The van der Waals surface area contributed by atoms with E-state index in [-0.39, 0.29) is 12.6 Å². The molecule has 1 amide bonds. The molecule has 2 aliphatic rings. The number of rotatable bonds is 19. The topological polar surface area (TPSA) is 300 Å². The molecule has 0 spiro atoms. The number of amides is 1. The van der Waals surface area contributed by atoms with E-state index in [1.165, 1.54) is 7.11 Å². The molecular formula is C24H43NO19S2. The van der Waals surface area contributed by atoms with Crippen molar-refractivity contribution >= 4 is 32.7 Å². The Balaban J connectivity index is 2.17. The number of esters is 1. The van der Waals surface area contributed by atoms with Crippen LogP contribution in [-0.2, 0) is 62.4 Å². The Bertz CT molecular complexity index is 1170. The number of ether oxygens (including phenoxy) is 5. The molecule has 2 saturated heterocycles. The summed E-state index contributed by atoms with van der Waals surface area (Å²) in [5, 5.41) is 44.5. The third-order valence-electron chi connectivity index (χ3n) is 7.06. The molecule has 0 saturated carbocycles. The molecule has 46 heavy (non-hydrogen) atoms. The minimum absolute atomic E-state index is 0.0952. The molecule has 0 radical (unpaired) electrons. The average Bonchev–Trinajstić information content (AvgIpc) is 2.96. The van der Waals surface area contributed by atoms with Crippen LogP contribution in [0.15, 0.2) is 0 Å². The highest BCUT2D eigenvalue weighted by Gasteiger charge is 2.53. The number of carbonyl (C=O) groups is 2. The highest BCUT2D eigenvalue weighted by molar-refractivity contribution is 7.81. The molecule has 0 bridgehead atoms. The highest BCUT2D eigenvalue weighted by Crippen LogP contribution is 2.31. The largest absolute Gasteiger partial charge is 0.469 e. The minimum atomic E-state index is -5.34. The predicted molar refractivity (Wildman–Crippen MR) is 149 cm³/mol. The van der Waals surface area contributed by atoms with Crippen molar-refractivity contribution in [3.8, 4) is 0 Å². The van der Waals surface area contributed by atoms with Gasteiger partial charge in [-0.05, 0) is 12.8 Å². The van der Waals surface area contributed by atoms with Gasteiger partial charge < -0.3 is 49.4 Å². The van der Waals surface area contributed by atoms with Crippen LogP contribution in [0.1, 0.15) is 51.9 Å². The SMILES string of the molecule is COC(=O)CCCCCCCCO[C@@H]1O[C@H](CO)[C@@H](O)[C@H](O[C@@H]2O[C@H](COS(=O)(=O)O)[C@H](O)[C@H](OS(=O)(=O)O)[C@H]2O)[C@H]1NC(C)=O. The monoisotopic (exact) mass is 713 g/mol. The highest BCUT2D eigenvalue weighted by atomic mass is 32.3. The van der Waals surface area contributed by atoms with Crippen molar-refractivity contribution < 1.29 is 88.0 Å². The first-order valence-corrected chi connectivity index (χ1v) is 17.0. The summed E-state index contributed by atoms with van der Waals surface area (Å²) in [6, 6.07) is -1.34. The summed E-state index contributed by atoms with van der Waals surface area (Å²) in [6.45, 7) is -0.706. The third kappa shape index (κ3) is 13.5. The summed E-state index contributed by atoms with van der Waals surface area (Å²) in [4.78, 5) is 23.3. The van der Waals surface area contributed by atoms with Gasteiger partial charge in [0.2, 0.25) is 5.91 Å². The lowest BCUT2D eigenvalue weighted by molar-refractivity contribution is -0.342. The fraction of sp³-hybridized carbons (Fsp3) is 0.917. The molecule has 2 rings (SSSR count). The molecule has 0 aromatic carbocycles. The lowest BCUT2D eigenvalue weighted by Gasteiger charge is -2.47. The maximum absolute atomic E-state index is 12.1. The zero-order chi connectivity index (χ0) is 34.7. The van der Waals surface area contributed by atoms with E-state index in [4.69, 9.17) is 28.1 Å². The van der Waals surface area contributed by atoms with Crippen LogP contribution in [0.2, 0.25) is 0 Å². The van der Waals surface area contributed by atoms with Gasteiger partial charge in [0.05, 0.1) is 20.3 Å². The van der Waals surface area contributed by atoms with Crippen LogP contribution in [0.3, 0.4) is 0 Å². The molecular weight excluding hydrogens is 670 g/mol. The number of carbonyl (C=O) groups excluding carboxylic acids is 2. The van der Waals surface area contributed by atoms with Crippen LogP contribution in [0.4, 0.5) is 0 Å². The molecule has 20 nitrogen and oxygen atoms in total. The quantitative estimate of drug-likeness (QED) is 0.0408. The van der Waals surface area contributed by atoms with E-state index >= 15 is 0 Å². The summed E-state index contributed by atoms with van der Waals surface area (Å²) in [5.74, 6) is -0.924. The van der Waals surface area contributed by atoms with Crippen molar-refractivity contribution in [2.24, 2.45) is 0 Å². The molecule has 0 aromatic rings. The third-order valence-corrected chi connectivity index (χ3v) is 7.95. The standard InChI is InChI=1S/C24H43NO19S2/c1-13(27)25-17-21(18(29)14(11-26)41-23(17)39-10-8-6-4-3-5-7-9-16(28)38-2)43-24-20(31)22(44-46(35,36)37)19(30)15(42-24)12-40-45(32,33)34/h14-15,17-24,26,29-31H,3-12H2,1-2H3,(H,25,27)(H,32,33,34)(H,35,36,37)/t14-,15-,17-,18-,19+,20-,21-,22+,23-,24+/m1/s1. The molecule has 7 N–H and O–H groups in total. The molecule has 2 heterocycles. The lowest BCUT2D eigenvalue weighted by atomic mass is 9.95. The van der Waals surface area contributed by atoms with Gasteiger partial charge in [0.25, 0.3) is 0 Å². The Morgan fingerprint density at radius 1 is 0.804 bits per heavy atom. The van der Waals surface area contributed by atoms with Crippen LogP contribution in [0.5, 0.6) is 0 Å². The van der Waals surface area contributed by atoms with Crippen LogP contribution in [0, 0.1) is 0 Å². The maximum atomic E-state index is 12.1. The average molecular weight is 714 g/mol. The van der Waals surface area contributed by atoms with Crippen molar-refractivity contribution in [3.63, 3.8) is 0 Å². The molecule has 2 aliphatic heterocycles. The van der Waals surface area contributed by atoms with E-state index in [0.717, 1.165) is 32.6 Å². The molecule has 10 atom stereocenters. The van der Waals surface area contributed by atoms with Gasteiger partial charge in [-0.3, -0.25) is 18.7 Å². The van der Waals surface area contributed by atoms with Crippen molar-refractivity contribution in [3.05, 3.63) is 0 Å². The van der Waals surface area contributed by atoms with Gasteiger partial charge in [0, 0.05) is 20.0 Å². The first-order valence-electron chi connectivity index (χ1n) is 14.3. The summed E-state index contributed by atoms with van der Waals surface area (Å²) < 4.78 is 98.7. The zero-order valence-corrected chi connectivity index (χ0v) is 26.8. The van der Waals surface area contributed by atoms with Crippen molar-refractivity contribution in [2.45, 2.75) is 113 Å². The van der Waals surface area contributed by atoms with Gasteiger partial charge in [-0.2, -0.15) is 16.8 Å². The number of hydrogen-bond donors (Lipinski definition) is 7. The van der Waals surface area contributed by atoms with Gasteiger partial charge in [0.1, 0.15) is 48.8 Å². The Labute approximate surface area is 266 Å². The van der Waals surface area contributed by atoms with Crippen molar-refractivity contribution in [2.75, 3.05) is 26.9 Å². The Morgan fingerprint density at radius 3 is 1.96 bits per heavy atom. The number of unbranched alkanes of at least 4 members (excludes halogenated alkanes) is 5. The van der Waals surface area contributed by atoms with Gasteiger partial charge in [0.15, 0.2) is 12.6 Å². The van der Waals surface area contributed by atoms with Crippen LogP contribution in [-0.4, -0.2) is 147 Å². The summed E-state index contributed by atoms with van der Waals surface area (Å²) >= 11 is 0. The number of hydrogen-bond acceptors (Lipinski definition) is 17. The summed E-state index contributed by atoms with van der Waals surface area (Å²) in [7, 11) is -9.11. The van der Waals surface area contributed by atoms with E-state index < -0.39 is 101 Å². The second-order valence-corrected chi connectivity index (χ2v) is 12.7. The van der Waals surface area contributed by atoms with E-state index in [1.54, 1.807) is 0 Å². The number of nitrogens with one attached hydrogen (secondary N) is 1. The van der Waals surface area contributed by atoms with E-state index in [0.29, 0.717) is 19.3 Å². The van der Waals surface area contributed by atoms with Crippen LogP contribution < -0.4 is 5.32 Å². The van der Waals surface area contributed by atoms with Gasteiger partial charge in [-0.25, -0.2) is 8.37 Å². The number of aliphatic hydroxyl groups is 4. The second-order valence-electron chi connectivity index (χ2n) is 10.6. The smallest absolute Gasteiger partial charge is 0.397 e. The van der Waals surface area contributed by atoms with Crippen LogP contribution >= 0.6 is 0 Å². The number of methoxy groups -OCH3 is 1. The predicted octanol–water partition coefficient (Wildman–Crippen LogP) is -2.67. The van der Waals surface area contributed by atoms with Gasteiger partial charge in [-0.1, -0.05) is 25.7 Å². The number of aliphatic hydroxyl groups excluding tert-OH is 4. The van der Waals surface area contributed by atoms with Crippen molar-refractivity contribution in [1.29, 1.82) is 0 Å². The van der Waals surface area contributed by atoms with Crippen molar-refractivity contribution in [1.82, 2.24) is 5.32 Å². The molecule has 22 heteroatoms. The Hall–Kier alpha value is -1.64. The molecule has 0 aromatic heterocycles. The molecule has 0 aliphatic carbocycles. The molecule has 0 unspecified atom stereocenters. The summed E-state index contributed by atoms with van der Waals surface area (Å²) in [5.41, 5.74) is 0. The first-order chi connectivity index (χ1) is 21.5. The Morgan fingerprint density at radius 2 is 1.39 bits per heavy atom. The normalized spacial score (nSPS) is 32.2. The van der Waals surface area contributed by atoms with E-state index in [2.05, 4.69) is 18.4 Å². The van der Waals surface area contributed by atoms with Gasteiger partial charge in [-0.15, -0.1) is 0 Å². The maximum Gasteiger partial charge on any atom is 0.397 e. The van der Waals surface area contributed by atoms with E-state index in [9.17, 15) is 46.9 Å². The molecule has 270 valence electrons.